The Morgan fingerprint density at radius 2 is 2.18 bits per heavy atom. The van der Waals surface area contributed by atoms with Crippen molar-refractivity contribution in [2.75, 3.05) is 6.54 Å². The molecule has 1 aromatic rings. The Labute approximate surface area is 99.6 Å². The van der Waals surface area contributed by atoms with Gasteiger partial charge in [0.15, 0.2) is 0 Å². The second kappa shape index (κ2) is 5.25. The predicted octanol–water partition coefficient (Wildman–Crippen LogP) is 1.25. The molecule has 0 aliphatic carbocycles. The van der Waals surface area contributed by atoms with Crippen LogP contribution in [0.15, 0.2) is 24.3 Å². The van der Waals surface area contributed by atoms with E-state index in [1.807, 2.05) is 0 Å². The number of aliphatic hydroxyl groups excluding tert-OH is 1. The number of benzene rings is 1. The van der Waals surface area contributed by atoms with Crippen molar-refractivity contribution in [2.45, 2.75) is 31.4 Å². The highest BCUT2D eigenvalue weighted by atomic mass is 16.6. The summed E-state index contributed by atoms with van der Waals surface area (Å²) < 4.78 is 0. The maximum absolute atomic E-state index is 10.5. The maximum Gasteiger partial charge on any atom is 0.269 e. The van der Waals surface area contributed by atoms with E-state index in [1.165, 1.54) is 12.1 Å². The smallest absolute Gasteiger partial charge is 0.269 e. The van der Waals surface area contributed by atoms with Crippen molar-refractivity contribution in [1.82, 2.24) is 5.32 Å². The molecular weight excluding hydrogens is 220 g/mol. The Balaban J connectivity index is 1.96. The van der Waals surface area contributed by atoms with Crippen LogP contribution in [0.2, 0.25) is 0 Å². The summed E-state index contributed by atoms with van der Waals surface area (Å²) in [5.74, 6) is 0. The largest absolute Gasteiger partial charge is 0.391 e. The minimum Gasteiger partial charge on any atom is -0.391 e. The minimum absolute atomic E-state index is 0.0854. The van der Waals surface area contributed by atoms with E-state index < -0.39 is 11.0 Å². The summed E-state index contributed by atoms with van der Waals surface area (Å²) in [4.78, 5) is 10.1. The molecule has 5 heteroatoms. The van der Waals surface area contributed by atoms with Gasteiger partial charge in [-0.15, -0.1) is 0 Å². The zero-order valence-corrected chi connectivity index (χ0v) is 9.50. The van der Waals surface area contributed by atoms with E-state index in [4.69, 9.17) is 0 Å². The van der Waals surface area contributed by atoms with E-state index in [1.54, 1.807) is 12.1 Å². The Morgan fingerprint density at radius 1 is 1.47 bits per heavy atom. The van der Waals surface area contributed by atoms with Gasteiger partial charge in [0.1, 0.15) is 0 Å². The summed E-state index contributed by atoms with van der Waals surface area (Å²) in [6.45, 7) is 0.960. The number of nitrogens with zero attached hydrogens (tertiary/aromatic N) is 1. The van der Waals surface area contributed by atoms with Crippen molar-refractivity contribution in [2.24, 2.45) is 0 Å². The number of nitro groups is 1. The van der Waals surface area contributed by atoms with E-state index in [0.29, 0.717) is 6.42 Å². The van der Waals surface area contributed by atoms with Crippen molar-refractivity contribution in [1.29, 1.82) is 0 Å². The highest BCUT2D eigenvalue weighted by Gasteiger charge is 2.22. The van der Waals surface area contributed by atoms with Crippen LogP contribution >= 0.6 is 0 Å². The van der Waals surface area contributed by atoms with Crippen LogP contribution in [0.1, 0.15) is 18.4 Å². The first-order valence-electron chi connectivity index (χ1n) is 5.81. The van der Waals surface area contributed by atoms with Crippen molar-refractivity contribution >= 4 is 5.69 Å². The number of aliphatic hydroxyl groups is 1. The van der Waals surface area contributed by atoms with Crippen molar-refractivity contribution in [3.05, 3.63) is 39.9 Å². The van der Waals surface area contributed by atoms with Gasteiger partial charge in [0.2, 0.25) is 0 Å². The van der Waals surface area contributed by atoms with Gasteiger partial charge in [-0.2, -0.15) is 0 Å². The molecule has 5 nitrogen and oxygen atoms in total. The highest BCUT2D eigenvalue weighted by Crippen LogP contribution is 2.16. The first-order chi connectivity index (χ1) is 8.16. The van der Waals surface area contributed by atoms with Gasteiger partial charge in [0, 0.05) is 18.2 Å². The third kappa shape index (κ3) is 3.01. The molecule has 92 valence electrons. The van der Waals surface area contributed by atoms with Gasteiger partial charge in [-0.05, 0) is 31.4 Å². The van der Waals surface area contributed by atoms with Crippen LogP contribution in [-0.2, 0) is 6.42 Å². The van der Waals surface area contributed by atoms with Crippen LogP contribution in [0.5, 0.6) is 0 Å². The molecule has 0 aromatic heterocycles. The zero-order chi connectivity index (χ0) is 12.3. The number of hydrogen-bond donors (Lipinski definition) is 2. The van der Waals surface area contributed by atoms with Gasteiger partial charge >= 0.3 is 0 Å². The average molecular weight is 236 g/mol. The van der Waals surface area contributed by atoms with Crippen LogP contribution in [-0.4, -0.2) is 28.7 Å². The standard InChI is InChI=1S/C12H16N2O3/c15-12(11-2-1-7-13-11)8-9-3-5-10(6-4-9)14(16)17/h3-6,11-13,15H,1-2,7-8H2/t11-,12+/m1/s1. The summed E-state index contributed by atoms with van der Waals surface area (Å²) >= 11 is 0. The molecule has 0 amide bonds. The van der Waals surface area contributed by atoms with Crippen molar-refractivity contribution < 1.29 is 10.0 Å². The fourth-order valence-electron chi connectivity index (χ4n) is 2.18. The van der Waals surface area contributed by atoms with E-state index in [9.17, 15) is 15.2 Å². The van der Waals surface area contributed by atoms with E-state index in [0.717, 1.165) is 24.9 Å². The fourth-order valence-corrected chi connectivity index (χ4v) is 2.18. The first kappa shape index (κ1) is 12.0. The monoisotopic (exact) mass is 236 g/mol. The summed E-state index contributed by atoms with van der Waals surface area (Å²) in [6.07, 6.45) is 2.21. The number of rotatable bonds is 4. The van der Waals surface area contributed by atoms with Crippen molar-refractivity contribution in [3.8, 4) is 0 Å². The SMILES string of the molecule is O=[N+]([O-])c1ccc(C[C@H](O)[C@H]2CCCN2)cc1. The van der Waals surface area contributed by atoms with E-state index in [2.05, 4.69) is 5.32 Å². The lowest BCUT2D eigenvalue weighted by atomic mass is 10.0. The molecule has 1 aliphatic rings. The molecule has 2 atom stereocenters. The molecule has 0 spiro atoms. The molecule has 0 bridgehead atoms. The van der Waals surface area contributed by atoms with Crippen LogP contribution in [0.4, 0.5) is 5.69 Å². The normalized spacial score (nSPS) is 21.4. The lowest BCUT2D eigenvalue weighted by Crippen LogP contribution is -2.36. The second-order valence-electron chi connectivity index (χ2n) is 4.40. The summed E-state index contributed by atoms with van der Waals surface area (Å²) in [6, 6.07) is 6.52. The molecule has 1 fully saturated rings. The third-order valence-electron chi connectivity index (χ3n) is 3.15. The molecule has 0 radical (unpaired) electrons. The van der Waals surface area contributed by atoms with Gasteiger partial charge in [0.25, 0.3) is 5.69 Å². The quantitative estimate of drug-likeness (QED) is 0.609. The molecular formula is C12H16N2O3. The summed E-state index contributed by atoms with van der Waals surface area (Å²) in [5.41, 5.74) is 1.01. The Bertz CT molecular complexity index is 385. The van der Waals surface area contributed by atoms with Gasteiger partial charge < -0.3 is 10.4 Å². The Morgan fingerprint density at radius 3 is 2.71 bits per heavy atom. The number of nitro benzene ring substituents is 1. The highest BCUT2D eigenvalue weighted by molar-refractivity contribution is 5.33. The fraction of sp³-hybridized carbons (Fsp3) is 0.500. The second-order valence-corrected chi connectivity index (χ2v) is 4.40. The van der Waals surface area contributed by atoms with E-state index in [-0.39, 0.29) is 11.7 Å². The molecule has 1 saturated heterocycles. The van der Waals surface area contributed by atoms with E-state index >= 15 is 0 Å². The maximum atomic E-state index is 10.5. The molecule has 1 heterocycles. The Kier molecular flexibility index (Phi) is 3.71. The third-order valence-corrected chi connectivity index (χ3v) is 3.15. The van der Waals surface area contributed by atoms with Crippen LogP contribution in [0.25, 0.3) is 0 Å². The van der Waals surface area contributed by atoms with Gasteiger partial charge in [0.05, 0.1) is 11.0 Å². The topological polar surface area (TPSA) is 75.4 Å². The molecule has 2 N–H and O–H groups in total. The minimum atomic E-state index is -0.418. The van der Waals surface area contributed by atoms with Crippen LogP contribution in [0, 0.1) is 10.1 Å². The van der Waals surface area contributed by atoms with Gasteiger partial charge in [-0.25, -0.2) is 0 Å². The lowest BCUT2D eigenvalue weighted by Gasteiger charge is -2.18. The number of non-ortho nitro benzene ring substituents is 1. The predicted molar refractivity (Wildman–Crippen MR) is 63.8 cm³/mol. The zero-order valence-electron chi connectivity index (χ0n) is 9.50. The van der Waals surface area contributed by atoms with Gasteiger partial charge in [-0.1, -0.05) is 12.1 Å². The molecule has 1 aromatic carbocycles. The van der Waals surface area contributed by atoms with Gasteiger partial charge in [-0.3, -0.25) is 10.1 Å². The summed E-state index contributed by atoms with van der Waals surface area (Å²) in [7, 11) is 0. The average Bonchev–Trinajstić information content (AvgIpc) is 2.83. The Hall–Kier alpha value is -1.46. The molecule has 0 unspecified atom stereocenters. The molecule has 17 heavy (non-hydrogen) atoms. The number of hydrogen-bond acceptors (Lipinski definition) is 4. The molecule has 2 rings (SSSR count). The van der Waals surface area contributed by atoms with Crippen molar-refractivity contribution in [3.63, 3.8) is 0 Å². The van der Waals surface area contributed by atoms with Crippen LogP contribution < -0.4 is 5.32 Å². The van der Waals surface area contributed by atoms with Crippen LogP contribution in [0.3, 0.4) is 0 Å². The first-order valence-corrected chi connectivity index (χ1v) is 5.81. The lowest BCUT2D eigenvalue weighted by molar-refractivity contribution is -0.384. The molecule has 1 aliphatic heterocycles. The summed E-state index contributed by atoms with van der Waals surface area (Å²) in [5, 5.41) is 23.7. The number of nitrogens with one attached hydrogen (secondary N) is 1. The molecule has 0 saturated carbocycles.